The quantitative estimate of drug-likeness (QED) is 0.570. The first-order valence-electron chi connectivity index (χ1n) is 8.14. The van der Waals surface area contributed by atoms with Crippen LogP contribution in [-0.2, 0) is 6.54 Å². The number of anilines is 1. The molecule has 2 aromatic rings. The van der Waals surface area contributed by atoms with E-state index in [1.54, 1.807) is 14.2 Å². The first-order chi connectivity index (χ1) is 12.1. The fourth-order valence-corrected chi connectivity index (χ4v) is 2.42. The number of hydrogen-bond acceptors (Lipinski definition) is 4. The molecule has 0 fully saturated rings. The number of ether oxygens (including phenoxy) is 2. The molecule has 3 N–H and O–H groups in total. The Kier molecular flexibility index (Phi) is 7.10. The molecule has 0 bridgehead atoms. The van der Waals surface area contributed by atoms with Crippen molar-refractivity contribution in [3.8, 4) is 11.5 Å². The molecule has 0 spiro atoms. The van der Waals surface area contributed by atoms with Crippen LogP contribution in [0.2, 0.25) is 0 Å². The van der Waals surface area contributed by atoms with Crippen LogP contribution in [0.25, 0.3) is 0 Å². The van der Waals surface area contributed by atoms with Crippen LogP contribution in [0.15, 0.2) is 53.5 Å². The zero-order chi connectivity index (χ0) is 18.1. The average Bonchev–Trinajstić information content (AvgIpc) is 2.62. The molecule has 2 aromatic carbocycles. The Morgan fingerprint density at radius 3 is 2.48 bits per heavy atom. The molecule has 0 aromatic heterocycles. The first kappa shape index (κ1) is 18.6. The fourth-order valence-electron chi connectivity index (χ4n) is 2.42. The van der Waals surface area contributed by atoms with Crippen LogP contribution in [0.3, 0.4) is 0 Å². The van der Waals surface area contributed by atoms with Crippen molar-refractivity contribution in [2.45, 2.75) is 6.54 Å². The maximum Gasteiger partial charge on any atom is 0.193 e. The summed E-state index contributed by atoms with van der Waals surface area (Å²) in [6.07, 6.45) is 0. The molecule has 0 aliphatic heterocycles. The first-order valence-corrected chi connectivity index (χ1v) is 8.14. The van der Waals surface area contributed by atoms with Gasteiger partial charge in [-0.25, -0.2) is 0 Å². The second kappa shape index (κ2) is 9.54. The van der Waals surface area contributed by atoms with Crippen LogP contribution in [0.5, 0.6) is 11.5 Å². The van der Waals surface area contributed by atoms with E-state index >= 15 is 0 Å². The lowest BCUT2D eigenvalue weighted by molar-refractivity contribution is 0.336. The maximum absolute atomic E-state index is 5.95. The summed E-state index contributed by atoms with van der Waals surface area (Å²) >= 11 is 0. The van der Waals surface area contributed by atoms with Gasteiger partial charge in [0.15, 0.2) is 17.5 Å². The molecule has 0 aliphatic carbocycles. The number of rotatable bonds is 8. The molecular weight excluding hydrogens is 316 g/mol. The summed E-state index contributed by atoms with van der Waals surface area (Å²) in [5.41, 5.74) is 8.04. The van der Waals surface area contributed by atoms with Gasteiger partial charge in [0.25, 0.3) is 0 Å². The van der Waals surface area contributed by atoms with Crippen LogP contribution >= 0.6 is 0 Å². The lowest BCUT2D eigenvalue weighted by Gasteiger charge is -2.15. The van der Waals surface area contributed by atoms with E-state index in [1.165, 1.54) is 5.56 Å². The van der Waals surface area contributed by atoms with Crippen molar-refractivity contribution < 1.29 is 9.47 Å². The van der Waals surface area contributed by atoms with Crippen LogP contribution in [0.4, 0.5) is 5.69 Å². The highest BCUT2D eigenvalue weighted by Crippen LogP contribution is 2.29. The van der Waals surface area contributed by atoms with Gasteiger partial charge in [-0.05, 0) is 24.7 Å². The zero-order valence-electron chi connectivity index (χ0n) is 15.0. The SMILES string of the molecule is COc1ccc(NC(N)=NCCN(C)Cc2ccccc2)cc1OC. The smallest absolute Gasteiger partial charge is 0.193 e. The molecule has 0 amide bonds. The van der Waals surface area contributed by atoms with E-state index < -0.39 is 0 Å². The maximum atomic E-state index is 5.95. The highest BCUT2D eigenvalue weighted by molar-refractivity contribution is 5.92. The van der Waals surface area contributed by atoms with E-state index in [2.05, 4.69) is 34.4 Å². The summed E-state index contributed by atoms with van der Waals surface area (Å²) in [4.78, 5) is 6.58. The van der Waals surface area contributed by atoms with E-state index in [-0.39, 0.29) is 0 Å². The molecule has 6 nitrogen and oxygen atoms in total. The molecule has 25 heavy (non-hydrogen) atoms. The van der Waals surface area contributed by atoms with Gasteiger partial charge in [-0.3, -0.25) is 4.99 Å². The summed E-state index contributed by atoms with van der Waals surface area (Å²) in [6.45, 7) is 2.33. The molecule has 134 valence electrons. The average molecular weight is 342 g/mol. The standard InChI is InChI=1S/C19H26N4O2/c1-23(14-15-7-5-4-6-8-15)12-11-21-19(20)22-16-9-10-17(24-2)18(13-16)25-3/h4-10,13H,11-12,14H2,1-3H3,(H3,20,21,22). The van der Waals surface area contributed by atoms with Crippen molar-refractivity contribution in [2.24, 2.45) is 10.7 Å². The van der Waals surface area contributed by atoms with E-state index in [1.807, 2.05) is 36.4 Å². The number of likely N-dealkylation sites (N-methyl/N-ethyl adjacent to an activating group) is 1. The minimum atomic E-state index is 0.375. The van der Waals surface area contributed by atoms with E-state index in [9.17, 15) is 0 Å². The summed E-state index contributed by atoms with van der Waals surface area (Å²) in [6, 6.07) is 15.9. The number of nitrogens with one attached hydrogen (secondary N) is 1. The van der Waals surface area contributed by atoms with Crippen LogP contribution in [0, 0.1) is 0 Å². The van der Waals surface area contributed by atoms with Gasteiger partial charge < -0.3 is 25.4 Å². The second-order valence-electron chi connectivity index (χ2n) is 5.69. The van der Waals surface area contributed by atoms with Gasteiger partial charge in [0.05, 0.1) is 20.8 Å². The molecule has 0 unspecified atom stereocenters. The molecule has 2 rings (SSSR count). The minimum absolute atomic E-state index is 0.375. The number of benzene rings is 2. The third-order valence-corrected chi connectivity index (χ3v) is 3.72. The lowest BCUT2D eigenvalue weighted by atomic mass is 10.2. The minimum Gasteiger partial charge on any atom is -0.493 e. The molecule has 0 saturated heterocycles. The van der Waals surface area contributed by atoms with Gasteiger partial charge in [0.1, 0.15) is 0 Å². The van der Waals surface area contributed by atoms with Crippen molar-refractivity contribution in [2.75, 3.05) is 39.7 Å². The van der Waals surface area contributed by atoms with Crippen molar-refractivity contribution in [1.82, 2.24) is 4.90 Å². The second-order valence-corrected chi connectivity index (χ2v) is 5.69. The van der Waals surface area contributed by atoms with Gasteiger partial charge in [-0.15, -0.1) is 0 Å². The van der Waals surface area contributed by atoms with Gasteiger partial charge in [-0.2, -0.15) is 0 Å². The van der Waals surface area contributed by atoms with Gasteiger partial charge >= 0.3 is 0 Å². The van der Waals surface area contributed by atoms with Gasteiger partial charge in [0, 0.05) is 24.8 Å². The number of aliphatic imine (C=N–C) groups is 1. The third kappa shape index (κ3) is 6.00. The molecule has 0 heterocycles. The Hall–Kier alpha value is -2.73. The monoisotopic (exact) mass is 342 g/mol. The van der Waals surface area contributed by atoms with Crippen LogP contribution in [0.1, 0.15) is 5.56 Å². The molecule has 6 heteroatoms. The normalized spacial score (nSPS) is 11.4. The highest BCUT2D eigenvalue weighted by atomic mass is 16.5. The zero-order valence-corrected chi connectivity index (χ0v) is 15.0. The Morgan fingerprint density at radius 1 is 1.08 bits per heavy atom. The predicted octanol–water partition coefficient (Wildman–Crippen LogP) is 2.56. The number of methoxy groups -OCH3 is 2. The van der Waals surface area contributed by atoms with E-state index in [4.69, 9.17) is 15.2 Å². The van der Waals surface area contributed by atoms with Crippen LogP contribution in [-0.4, -0.2) is 45.2 Å². The van der Waals surface area contributed by atoms with Gasteiger partial charge in [-0.1, -0.05) is 30.3 Å². The summed E-state index contributed by atoms with van der Waals surface area (Å²) in [5, 5.41) is 3.07. The Bertz CT molecular complexity index is 689. The van der Waals surface area contributed by atoms with Gasteiger partial charge in [0.2, 0.25) is 0 Å². The number of nitrogens with zero attached hydrogens (tertiary/aromatic N) is 2. The lowest BCUT2D eigenvalue weighted by Crippen LogP contribution is -2.26. The number of nitrogens with two attached hydrogens (primary N) is 1. The summed E-state index contributed by atoms with van der Waals surface area (Å²) < 4.78 is 10.5. The van der Waals surface area contributed by atoms with Crippen molar-refractivity contribution in [1.29, 1.82) is 0 Å². The molecular formula is C19H26N4O2. The molecule has 0 radical (unpaired) electrons. The fraction of sp³-hybridized carbons (Fsp3) is 0.316. The Morgan fingerprint density at radius 2 is 1.80 bits per heavy atom. The van der Waals surface area contributed by atoms with E-state index in [0.29, 0.717) is 24.0 Å². The number of hydrogen-bond donors (Lipinski definition) is 2. The predicted molar refractivity (Wildman–Crippen MR) is 102 cm³/mol. The largest absolute Gasteiger partial charge is 0.493 e. The molecule has 0 saturated carbocycles. The molecule has 0 aliphatic rings. The van der Waals surface area contributed by atoms with Crippen molar-refractivity contribution in [3.05, 3.63) is 54.1 Å². The summed E-state index contributed by atoms with van der Waals surface area (Å²) in [5.74, 6) is 1.69. The van der Waals surface area contributed by atoms with E-state index in [0.717, 1.165) is 18.8 Å². The Labute approximate surface area is 149 Å². The van der Waals surface area contributed by atoms with Crippen molar-refractivity contribution >= 4 is 11.6 Å². The number of guanidine groups is 1. The molecule has 0 atom stereocenters. The van der Waals surface area contributed by atoms with Crippen molar-refractivity contribution in [3.63, 3.8) is 0 Å². The topological polar surface area (TPSA) is 72.1 Å². The third-order valence-electron chi connectivity index (χ3n) is 3.72. The summed E-state index contributed by atoms with van der Waals surface area (Å²) in [7, 11) is 5.27. The highest BCUT2D eigenvalue weighted by Gasteiger charge is 2.05. The van der Waals surface area contributed by atoms with Crippen LogP contribution < -0.4 is 20.5 Å². The Balaban J connectivity index is 1.83.